The molecule has 0 bridgehead atoms. The lowest BCUT2D eigenvalue weighted by atomic mass is 9.99. The standard InChI is InChI=1S/C28H50N2O15/c31-13-16(30-20(35)9-3-6-12-43-28-26(41)24(39)22(37)18(15-33)45-28)7-1-4-10-29-19(34)8-2-5-11-42-27-25(40)23(38)21(36)17(14-32)44-27/h13,16-18,21-28,32-33,36-41H,1-12,14-15H2,(H,29,34)(H,30,35)/t16-,17?,18?,21+,22?,23?,24?,25?,26?,27?,28?/m1/s1. The van der Waals surface area contributed by atoms with Gasteiger partial charge >= 0.3 is 0 Å². The van der Waals surface area contributed by atoms with Crippen molar-refractivity contribution in [3.05, 3.63) is 0 Å². The normalized spacial score (nSPS) is 32.5. The number of carbonyl (C=O) groups is 3. The lowest BCUT2D eigenvalue weighted by Gasteiger charge is -2.39. The summed E-state index contributed by atoms with van der Waals surface area (Å²) in [5.41, 5.74) is 0. The van der Waals surface area contributed by atoms with Crippen LogP contribution >= 0.6 is 0 Å². The Balaban J connectivity index is 1.48. The van der Waals surface area contributed by atoms with Gasteiger partial charge in [-0.2, -0.15) is 0 Å². The summed E-state index contributed by atoms with van der Waals surface area (Å²) in [6.45, 7) is -0.490. The molecule has 17 heteroatoms. The van der Waals surface area contributed by atoms with E-state index in [1.165, 1.54) is 0 Å². The smallest absolute Gasteiger partial charge is 0.220 e. The summed E-state index contributed by atoms with van der Waals surface area (Å²) in [5.74, 6) is -0.484. The fourth-order valence-electron chi connectivity index (χ4n) is 4.84. The van der Waals surface area contributed by atoms with Crippen LogP contribution in [0.3, 0.4) is 0 Å². The Morgan fingerprint density at radius 3 is 1.62 bits per heavy atom. The van der Waals surface area contributed by atoms with Crippen molar-refractivity contribution in [2.24, 2.45) is 0 Å². The lowest BCUT2D eigenvalue weighted by molar-refractivity contribution is -0.301. The van der Waals surface area contributed by atoms with E-state index in [0.717, 1.165) is 0 Å². The van der Waals surface area contributed by atoms with Gasteiger partial charge in [-0.1, -0.05) is 0 Å². The summed E-state index contributed by atoms with van der Waals surface area (Å²) < 4.78 is 21.3. The molecule has 17 nitrogen and oxygen atoms in total. The Labute approximate surface area is 261 Å². The lowest BCUT2D eigenvalue weighted by Crippen LogP contribution is -2.59. The van der Waals surface area contributed by atoms with E-state index in [9.17, 15) is 55.2 Å². The number of aliphatic hydroxyl groups is 8. The first-order valence-electron chi connectivity index (χ1n) is 15.4. The predicted octanol–water partition coefficient (Wildman–Crippen LogP) is -4.07. The zero-order valence-corrected chi connectivity index (χ0v) is 25.3. The minimum atomic E-state index is -1.53. The van der Waals surface area contributed by atoms with Crippen LogP contribution in [0.5, 0.6) is 0 Å². The minimum absolute atomic E-state index is 0.0920. The van der Waals surface area contributed by atoms with E-state index in [0.29, 0.717) is 57.8 Å². The number of aldehydes is 1. The number of nitrogens with one attached hydrogen (secondary N) is 2. The second-order valence-electron chi connectivity index (χ2n) is 11.2. The van der Waals surface area contributed by atoms with Crippen LogP contribution in [0.15, 0.2) is 0 Å². The Bertz CT molecular complexity index is 866. The highest BCUT2D eigenvalue weighted by atomic mass is 16.7. The van der Waals surface area contributed by atoms with Crippen molar-refractivity contribution in [1.82, 2.24) is 10.6 Å². The molecule has 11 atom stereocenters. The number of ether oxygens (including phenoxy) is 4. The fraction of sp³-hybridized carbons (Fsp3) is 0.893. The number of rotatable bonds is 21. The molecule has 0 radical (unpaired) electrons. The molecule has 262 valence electrons. The van der Waals surface area contributed by atoms with Crippen LogP contribution in [-0.2, 0) is 33.3 Å². The summed E-state index contributed by atoms with van der Waals surface area (Å²) >= 11 is 0. The Morgan fingerprint density at radius 1 is 0.667 bits per heavy atom. The third kappa shape index (κ3) is 13.0. The molecule has 2 aliphatic heterocycles. The molecule has 0 aromatic carbocycles. The van der Waals surface area contributed by atoms with Crippen LogP contribution in [0.2, 0.25) is 0 Å². The topological polar surface area (TPSA) is 274 Å². The largest absolute Gasteiger partial charge is 0.394 e. The fourth-order valence-corrected chi connectivity index (χ4v) is 4.84. The number of unbranched alkanes of at least 4 members (excludes halogenated alkanes) is 3. The van der Waals surface area contributed by atoms with E-state index in [1.54, 1.807) is 0 Å². The summed E-state index contributed by atoms with van der Waals surface area (Å²) in [6.07, 6.45) is -9.09. The van der Waals surface area contributed by atoms with Gasteiger partial charge in [0.05, 0.1) is 19.3 Å². The highest BCUT2D eigenvalue weighted by Crippen LogP contribution is 2.23. The maximum atomic E-state index is 12.2. The monoisotopic (exact) mass is 654 g/mol. The zero-order valence-electron chi connectivity index (χ0n) is 25.3. The van der Waals surface area contributed by atoms with Crippen molar-refractivity contribution < 1.29 is 74.2 Å². The van der Waals surface area contributed by atoms with Crippen molar-refractivity contribution in [1.29, 1.82) is 0 Å². The van der Waals surface area contributed by atoms with Crippen LogP contribution in [0, 0.1) is 0 Å². The van der Waals surface area contributed by atoms with Gasteiger partial charge in [0.1, 0.15) is 55.1 Å². The van der Waals surface area contributed by atoms with Crippen molar-refractivity contribution in [3.63, 3.8) is 0 Å². The summed E-state index contributed by atoms with van der Waals surface area (Å²) in [5, 5.41) is 82.8. The number of hydrogen-bond acceptors (Lipinski definition) is 15. The molecule has 45 heavy (non-hydrogen) atoms. The first kappa shape index (κ1) is 39.3. The highest BCUT2D eigenvalue weighted by Gasteiger charge is 2.45. The second-order valence-corrected chi connectivity index (χ2v) is 11.2. The van der Waals surface area contributed by atoms with E-state index in [4.69, 9.17) is 18.9 Å². The molecule has 2 rings (SSSR count). The number of amides is 2. The molecule has 0 aliphatic carbocycles. The van der Waals surface area contributed by atoms with Gasteiger partial charge in [0.15, 0.2) is 12.6 Å². The van der Waals surface area contributed by atoms with Crippen LogP contribution in [0.4, 0.5) is 0 Å². The van der Waals surface area contributed by atoms with Crippen molar-refractivity contribution >= 4 is 18.1 Å². The third-order valence-electron chi connectivity index (χ3n) is 7.63. The predicted molar refractivity (Wildman–Crippen MR) is 152 cm³/mol. The van der Waals surface area contributed by atoms with Gasteiger partial charge < -0.3 is 75.2 Å². The quantitative estimate of drug-likeness (QED) is 0.0416. The van der Waals surface area contributed by atoms with Crippen LogP contribution in [-0.4, -0.2) is 159 Å². The summed E-state index contributed by atoms with van der Waals surface area (Å²) in [7, 11) is 0. The summed E-state index contributed by atoms with van der Waals surface area (Å²) in [6, 6.07) is -0.665. The molecular weight excluding hydrogens is 604 g/mol. The third-order valence-corrected chi connectivity index (χ3v) is 7.63. The average molecular weight is 655 g/mol. The Hall–Kier alpha value is -1.87. The molecule has 2 fully saturated rings. The molecule has 10 N–H and O–H groups in total. The zero-order chi connectivity index (χ0) is 33.4. The minimum Gasteiger partial charge on any atom is -0.394 e. The molecule has 0 spiro atoms. The molecule has 2 amide bonds. The van der Waals surface area contributed by atoms with Crippen molar-refractivity contribution in [3.8, 4) is 0 Å². The van der Waals surface area contributed by atoms with Crippen LogP contribution < -0.4 is 10.6 Å². The highest BCUT2D eigenvalue weighted by molar-refractivity contribution is 5.79. The molecule has 2 heterocycles. The summed E-state index contributed by atoms with van der Waals surface area (Å²) in [4.78, 5) is 35.6. The first-order chi connectivity index (χ1) is 21.5. The van der Waals surface area contributed by atoms with Gasteiger partial charge in [-0.15, -0.1) is 0 Å². The molecule has 0 aromatic heterocycles. The molecular formula is C28H50N2O15. The second kappa shape index (κ2) is 21.1. The first-order valence-corrected chi connectivity index (χ1v) is 15.4. The van der Waals surface area contributed by atoms with E-state index < -0.39 is 80.7 Å². The van der Waals surface area contributed by atoms with E-state index in [2.05, 4.69) is 10.6 Å². The maximum Gasteiger partial charge on any atom is 0.220 e. The van der Waals surface area contributed by atoms with Gasteiger partial charge in [0, 0.05) is 32.6 Å². The Kier molecular flexibility index (Phi) is 18.4. The molecule has 2 saturated heterocycles. The number of carbonyl (C=O) groups excluding carboxylic acids is 3. The Morgan fingerprint density at radius 2 is 1.16 bits per heavy atom. The van der Waals surface area contributed by atoms with Gasteiger partial charge in [-0.05, 0) is 44.9 Å². The van der Waals surface area contributed by atoms with Gasteiger partial charge in [0.2, 0.25) is 11.8 Å². The molecule has 2 aliphatic rings. The SMILES string of the molecule is O=C[C@@H](CCCCNC(=O)CCCCOC1OC(CO)[C@H](O)C(O)C1O)NC(=O)CCCCOC1OC(CO)C(O)C(O)C1O. The van der Waals surface area contributed by atoms with Crippen LogP contribution in [0.25, 0.3) is 0 Å². The molecule has 0 saturated carbocycles. The maximum absolute atomic E-state index is 12.2. The average Bonchev–Trinajstić information content (AvgIpc) is 3.03. The number of hydrogen-bond donors (Lipinski definition) is 10. The van der Waals surface area contributed by atoms with Gasteiger partial charge in [-0.3, -0.25) is 9.59 Å². The molecule has 0 aromatic rings. The molecule has 9 unspecified atom stereocenters. The van der Waals surface area contributed by atoms with Gasteiger partial charge in [-0.25, -0.2) is 0 Å². The van der Waals surface area contributed by atoms with Crippen molar-refractivity contribution in [2.75, 3.05) is 33.0 Å². The van der Waals surface area contributed by atoms with E-state index in [1.807, 2.05) is 0 Å². The van der Waals surface area contributed by atoms with Crippen molar-refractivity contribution in [2.45, 2.75) is 125 Å². The van der Waals surface area contributed by atoms with Crippen LogP contribution in [0.1, 0.15) is 57.8 Å². The van der Waals surface area contributed by atoms with E-state index in [-0.39, 0.29) is 37.9 Å². The van der Waals surface area contributed by atoms with Gasteiger partial charge in [0.25, 0.3) is 0 Å². The number of aliphatic hydroxyl groups excluding tert-OH is 8. The van der Waals surface area contributed by atoms with E-state index >= 15 is 0 Å².